The van der Waals surface area contributed by atoms with Crippen molar-refractivity contribution >= 4 is 11.5 Å². The maximum Gasteiger partial charge on any atom is 0.100 e. The average molecular weight is 294 g/mol. The molecule has 0 amide bonds. The Hall–Kier alpha value is -1.31. The van der Waals surface area contributed by atoms with Crippen LogP contribution >= 0.6 is 11.5 Å². The number of nitrogens with one attached hydrogen (secondary N) is 1. The molecule has 1 unspecified atom stereocenters. The van der Waals surface area contributed by atoms with Crippen LogP contribution in [0.5, 0.6) is 0 Å². The van der Waals surface area contributed by atoms with Gasteiger partial charge in [-0.05, 0) is 24.0 Å². The van der Waals surface area contributed by atoms with Gasteiger partial charge in [0.15, 0.2) is 0 Å². The monoisotopic (exact) mass is 294 g/mol. The van der Waals surface area contributed by atoms with Gasteiger partial charge in [-0.3, -0.25) is 10.5 Å². The molecule has 0 radical (unpaired) electrons. The van der Waals surface area contributed by atoms with Crippen LogP contribution in [0.4, 0.5) is 0 Å². The molecule has 7 heteroatoms. The summed E-state index contributed by atoms with van der Waals surface area (Å²) in [6.07, 6.45) is 2.83. The van der Waals surface area contributed by atoms with Gasteiger partial charge in [0, 0.05) is 18.2 Å². The molecule has 0 aliphatic carbocycles. The number of nitrogens with zero attached hydrogens (tertiary/aromatic N) is 4. The number of nitrogens with two attached hydrogens (primary N) is 1. The molecule has 0 bridgehead atoms. The first-order valence-corrected chi connectivity index (χ1v) is 7.57. The van der Waals surface area contributed by atoms with Gasteiger partial charge in [0.2, 0.25) is 0 Å². The lowest BCUT2D eigenvalue weighted by Crippen LogP contribution is -2.32. The van der Waals surface area contributed by atoms with Gasteiger partial charge in [0.05, 0.1) is 16.3 Å². The second-order valence-electron chi connectivity index (χ2n) is 5.81. The maximum atomic E-state index is 5.79. The molecular formula is C13H22N6S. The van der Waals surface area contributed by atoms with Crippen molar-refractivity contribution < 1.29 is 0 Å². The highest BCUT2D eigenvalue weighted by Crippen LogP contribution is 2.33. The van der Waals surface area contributed by atoms with Gasteiger partial charge in [-0.2, -0.15) is 5.10 Å². The average Bonchev–Trinajstić information content (AvgIpc) is 3.00. The predicted molar refractivity (Wildman–Crippen MR) is 80.3 cm³/mol. The fourth-order valence-electron chi connectivity index (χ4n) is 2.19. The van der Waals surface area contributed by atoms with E-state index in [1.165, 1.54) is 11.5 Å². The molecule has 0 saturated heterocycles. The van der Waals surface area contributed by atoms with Crippen LogP contribution in [0, 0.1) is 0 Å². The summed E-state index contributed by atoms with van der Waals surface area (Å²) in [6, 6.07) is 1.87. The molecule has 2 rings (SSSR count). The van der Waals surface area contributed by atoms with Crippen molar-refractivity contribution in [1.82, 2.24) is 24.8 Å². The number of aryl methyl sites for hydroxylation is 1. The number of rotatable bonds is 5. The number of hydrazine groups is 1. The van der Waals surface area contributed by atoms with Crippen molar-refractivity contribution in [2.75, 3.05) is 0 Å². The topological polar surface area (TPSA) is 81.7 Å². The Balaban J connectivity index is 2.43. The SMILES string of the molecule is CCCn1nccc1C(NN)c1snnc1C(C)(C)C. The smallest absolute Gasteiger partial charge is 0.100 e. The Morgan fingerprint density at radius 3 is 2.80 bits per heavy atom. The summed E-state index contributed by atoms with van der Waals surface area (Å²) < 4.78 is 6.09. The number of hydrogen-bond donors (Lipinski definition) is 2. The van der Waals surface area contributed by atoms with Crippen LogP contribution in [-0.4, -0.2) is 19.4 Å². The van der Waals surface area contributed by atoms with Gasteiger partial charge < -0.3 is 0 Å². The second kappa shape index (κ2) is 5.99. The summed E-state index contributed by atoms with van der Waals surface area (Å²) in [5.74, 6) is 5.79. The molecule has 0 aromatic carbocycles. The van der Waals surface area contributed by atoms with Crippen molar-refractivity contribution in [1.29, 1.82) is 0 Å². The molecular weight excluding hydrogens is 272 g/mol. The van der Waals surface area contributed by atoms with E-state index in [0.717, 1.165) is 29.2 Å². The van der Waals surface area contributed by atoms with Crippen molar-refractivity contribution in [2.24, 2.45) is 5.84 Å². The van der Waals surface area contributed by atoms with E-state index in [2.05, 4.69) is 47.8 Å². The van der Waals surface area contributed by atoms with Crippen LogP contribution in [0.15, 0.2) is 12.3 Å². The molecule has 2 heterocycles. The van der Waals surface area contributed by atoms with E-state index in [9.17, 15) is 0 Å². The third kappa shape index (κ3) is 2.89. The third-order valence-corrected chi connectivity index (χ3v) is 3.92. The van der Waals surface area contributed by atoms with Gasteiger partial charge in [0.25, 0.3) is 0 Å². The minimum atomic E-state index is -0.127. The van der Waals surface area contributed by atoms with Gasteiger partial charge in [0.1, 0.15) is 6.04 Å². The van der Waals surface area contributed by atoms with Crippen molar-refractivity contribution in [3.63, 3.8) is 0 Å². The highest BCUT2D eigenvalue weighted by Gasteiger charge is 2.29. The van der Waals surface area contributed by atoms with Crippen molar-refractivity contribution in [3.05, 3.63) is 28.5 Å². The fraction of sp³-hybridized carbons (Fsp3) is 0.615. The number of aromatic nitrogens is 4. The summed E-state index contributed by atoms with van der Waals surface area (Å²) in [4.78, 5) is 1.05. The van der Waals surface area contributed by atoms with E-state index in [1.54, 1.807) is 6.20 Å². The largest absolute Gasteiger partial charge is 0.270 e. The minimum absolute atomic E-state index is 0.0625. The summed E-state index contributed by atoms with van der Waals surface area (Å²) in [5, 5.41) is 8.65. The lowest BCUT2D eigenvalue weighted by molar-refractivity contribution is 0.506. The summed E-state index contributed by atoms with van der Waals surface area (Å²) >= 11 is 1.39. The molecule has 6 nitrogen and oxygen atoms in total. The maximum absolute atomic E-state index is 5.79. The van der Waals surface area contributed by atoms with Gasteiger partial charge in [-0.25, -0.2) is 5.43 Å². The normalized spacial score (nSPS) is 13.7. The van der Waals surface area contributed by atoms with Crippen LogP contribution in [-0.2, 0) is 12.0 Å². The predicted octanol–water partition coefficient (Wildman–Crippen LogP) is 1.99. The molecule has 0 aliphatic heterocycles. The van der Waals surface area contributed by atoms with Crippen LogP contribution in [0.2, 0.25) is 0 Å². The minimum Gasteiger partial charge on any atom is -0.270 e. The summed E-state index contributed by atoms with van der Waals surface area (Å²) in [6.45, 7) is 9.39. The quantitative estimate of drug-likeness (QED) is 0.651. The summed E-state index contributed by atoms with van der Waals surface area (Å²) in [7, 11) is 0. The molecule has 2 aromatic heterocycles. The van der Waals surface area contributed by atoms with Gasteiger partial charge in [-0.15, -0.1) is 5.10 Å². The highest BCUT2D eigenvalue weighted by atomic mass is 32.1. The van der Waals surface area contributed by atoms with Crippen LogP contribution in [0.25, 0.3) is 0 Å². The Labute approximate surface area is 123 Å². The molecule has 0 spiro atoms. The first kappa shape index (κ1) is 15.1. The molecule has 0 aliphatic rings. The Morgan fingerprint density at radius 1 is 1.45 bits per heavy atom. The lowest BCUT2D eigenvalue weighted by atomic mass is 9.89. The first-order valence-electron chi connectivity index (χ1n) is 6.79. The van der Waals surface area contributed by atoms with E-state index in [4.69, 9.17) is 5.84 Å². The second-order valence-corrected chi connectivity index (χ2v) is 6.60. The first-order chi connectivity index (χ1) is 9.49. The van der Waals surface area contributed by atoms with E-state index in [0.29, 0.717) is 0 Å². The third-order valence-electron chi connectivity index (χ3n) is 3.13. The Bertz CT molecular complexity index is 553. The zero-order valence-electron chi connectivity index (χ0n) is 12.4. The molecule has 1 atom stereocenters. The fourth-order valence-corrected chi connectivity index (χ4v) is 3.13. The molecule has 0 saturated carbocycles. The molecule has 2 aromatic rings. The molecule has 20 heavy (non-hydrogen) atoms. The zero-order valence-corrected chi connectivity index (χ0v) is 13.2. The zero-order chi connectivity index (χ0) is 14.8. The van der Waals surface area contributed by atoms with Crippen LogP contribution < -0.4 is 11.3 Å². The van der Waals surface area contributed by atoms with Crippen molar-refractivity contribution in [3.8, 4) is 0 Å². The molecule has 110 valence electrons. The van der Waals surface area contributed by atoms with E-state index < -0.39 is 0 Å². The molecule has 0 fully saturated rings. The van der Waals surface area contributed by atoms with Gasteiger partial charge in [-0.1, -0.05) is 32.2 Å². The standard InChI is InChI=1S/C13H22N6S/c1-5-8-19-9(6-7-15-19)10(16-14)11-12(13(2,3)4)17-18-20-11/h6-7,10,16H,5,8,14H2,1-4H3. The lowest BCUT2D eigenvalue weighted by Gasteiger charge is -2.22. The Morgan fingerprint density at radius 2 is 2.20 bits per heavy atom. The van der Waals surface area contributed by atoms with Crippen molar-refractivity contribution in [2.45, 2.75) is 52.1 Å². The molecule has 3 N–H and O–H groups in total. The van der Waals surface area contributed by atoms with E-state index in [1.807, 2.05) is 10.7 Å². The van der Waals surface area contributed by atoms with E-state index >= 15 is 0 Å². The highest BCUT2D eigenvalue weighted by molar-refractivity contribution is 7.05. The van der Waals surface area contributed by atoms with Crippen LogP contribution in [0.3, 0.4) is 0 Å². The van der Waals surface area contributed by atoms with Crippen LogP contribution in [0.1, 0.15) is 56.4 Å². The van der Waals surface area contributed by atoms with E-state index in [-0.39, 0.29) is 11.5 Å². The summed E-state index contributed by atoms with van der Waals surface area (Å²) in [5.41, 5.74) is 4.85. The Kier molecular flexibility index (Phi) is 4.52. The number of hydrogen-bond acceptors (Lipinski definition) is 6. The van der Waals surface area contributed by atoms with Gasteiger partial charge >= 0.3 is 0 Å².